The molecule has 1 aliphatic carbocycles. The Morgan fingerprint density at radius 1 is 1.11 bits per heavy atom. The van der Waals surface area contributed by atoms with Gasteiger partial charge >= 0.3 is 6.03 Å². The number of hydrogen-bond acceptors (Lipinski definition) is 5. The summed E-state index contributed by atoms with van der Waals surface area (Å²) in [5, 5.41) is 6.72. The van der Waals surface area contributed by atoms with Gasteiger partial charge in [0.2, 0.25) is 0 Å². The van der Waals surface area contributed by atoms with Gasteiger partial charge in [-0.05, 0) is 56.0 Å². The second-order valence-electron chi connectivity index (χ2n) is 9.39. The number of halogens is 2. The molecule has 0 unspecified atom stereocenters. The van der Waals surface area contributed by atoms with Crippen molar-refractivity contribution in [1.82, 2.24) is 4.90 Å². The van der Waals surface area contributed by atoms with Crippen molar-refractivity contribution in [3.8, 4) is 11.5 Å². The number of hydrogen-bond donors (Lipinski definition) is 1. The predicted molar refractivity (Wildman–Crippen MR) is 127 cm³/mol. The van der Waals surface area contributed by atoms with Crippen LogP contribution in [0, 0.1) is 11.6 Å². The molecule has 0 bridgehead atoms. The Kier molecular flexibility index (Phi) is 6.49. The van der Waals surface area contributed by atoms with E-state index in [-0.39, 0.29) is 6.10 Å². The number of piperidine rings is 1. The number of nitrogens with one attached hydrogen (secondary N) is 1. The normalized spacial score (nSPS) is 19.4. The van der Waals surface area contributed by atoms with E-state index in [4.69, 9.17) is 14.3 Å². The molecule has 2 aliphatic heterocycles. The van der Waals surface area contributed by atoms with Crippen molar-refractivity contribution in [2.24, 2.45) is 5.16 Å². The van der Waals surface area contributed by atoms with Crippen LogP contribution >= 0.6 is 0 Å². The van der Waals surface area contributed by atoms with Crippen LogP contribution in [-0.2, 0) is 4.84 Å². The number of oxime groups is 1. The summed E-state index contributed by atoms with van der Waals surface area (Å²) in [6.07, 6.45) is 6.41. The van der Waals surface area contributed by atoms with E-state index in [1.54, 1.807) is 12.0 Å². The van der Waals surface area contributed by atoms with E-state index >= 15 is 0 Å². The maximum atomic E-state index is 13.9. The van der Waals surface area contributed by atoms with E-state index in [1.807, 2.05) is 18.2 Å². The van der Waals surface area contributed by atoms with Gasteiger partial charge in [-0.15, -0.1) is 0 Å². The summed E-state index contributed by atoms with van der Waals surface area (Å²) >= 11 is 0. The van der Waals surface area contributed by atoms with Crippen molar-refractivity contribution in [3.63, 3.8) is 0 Å². The molecule has 5 rings (SSSR count). The molecular weight excluding hydrogens is 456 g/mol. The maximum absolute atomic E-state index is 13.9. The third-order valence-electron chi connectivity index (χ3n) is 7.09. The third kappa shape index (κ3) is 4.90. The van der Waals surface area contributed by atoms with Gasteiger partial charge in [0.1, 0.15) is 22.9 Å². The summed E-state index contributed by atoms with van der Waals surface area (Å²) in [7, 11) is 1.63. The first-order valence-corrected chi connectivity index (χ1v) is 12.1. The lowest BCUT2D eigenvalue weighted by Gasteiger charge is -2.37. The minimum absolute atomic E-state index is 0.209. The monoisotopic (exact) mass is 485 g/mol. The summed E-state index contributed by atoms with van der Waals surface area (Å²) in [5.74, 6) is -0.201. The molecule has 1 N–H and O–H groups in total. The molecule has 3 aliphatic rings. The van der Waals surface area contributed by atoms with Gasteiger partial charge < -0.3 is 24.5 Å². The van der Waals surface area contributed by atoms with E-state index in [2.05, 4.69) is 10.5 Å². The van der Waals surface area contributed by atoms with Crippen molar-refractivity contribution in [1.29, 1.82) is 0 Å². The zero-order chi connectivity index (χ0) is 24.4. The van der Waals surface area contributed by atoms with Gasteiger partial charge in [-0.1, -0.05) is 11.2 Å². The average Bonchev–Trinajstić information content (AvgIpc) is 3.52. The molecule has 0 radical (unpaired) electrons. The van der Waals surface area contributed by atoms with Crippen LogP contribution in [0.2, 0.25) is 0 Å². The van der Waals surface area contributed by atoms with Crippen LogP contribution in [0.15, 0.2) is 41.6 Å². The average molecular weight is 486 g/mol. The van der Waals surface area contributed by atoms with E-state index < -0.39 is 29.0 Å². The number of urea groups is 1. The number of para-hydroxylation sites is 1. The molecule has 2 amide bonds. The number of likely N-dealkylation sites (tertiary alicyclic amines) is 1. The minimum Gasteiger partial charge on any atom is -0.493 e. The van der Waals surface area contributed by atoms with Crippen molar-refractivity contribution >= 4 is 17.4 Å². The van der Waals surface area contributed by atoms with Crippen LogP contribution in [0.3, 0.4) is 0 Å². The van der Waals surface area contributed by atoms with Crippen molar-refractivity contribution in [3.05, 3.63) is 53.6 Å². The fourth-order valence-corrected chi connectivity index (χ4v) is 5.00. The molecule has 2 aromatic carbocycles. The summed E-state index contributed by atoms with van der Waals surface area (Å²) in [4.78, 5) is 20.0. The highest BCUT2D eigenvalue weighted by molar-refractivity contribution is 6.02. The van der Waals surface area contributed by atoms with Crippen LogP contribution < -0.4 is 14.8 Å². The Labute approximate surface area is 203 Å². The molecule has 1 saturated heterocycles. The number of nitrogens with zero attached hydrogens (tertiary/aromatic N) is 2. The summed E-state index contributed by atoms with van der Waals surface area (Å²) in [5.41, 5.74) is 0.818. The fourth-order valence-electron chi connectivity index (χ4n) is 5.00. The Balaban J connectivity index is 1.21. The molecule has 2 aromatic rings. The summed E-state index contributed by atoms with van der Waals surface area (Å²) < 4.78 is 39.5. The van der Waals surface area contributed by atoms with Crippen LogP contribution in [0.25, 0.3) is 0 Å². The Morgan fingerprint density at radius 2 is 1.83 bits per heavy atom. The molecule has 1 spiro atoms. The highest BCUT2D eigenvalue weighted by Crippen LogP contribution is 2.38. The lowest BCUT2D eigenvalue weighted by molar-refractivity contribution is -0.0544. The number of benzene rings is 2. The number of ether oxygens (including phenoxy) is 2. The second kappa shape index (κ2) is 9.71. The van der Waals surface area contributed by atoms with Crippen molar-refractivity contribution < 1.29 is 27.9 Å². The van der Waals surface area contributed by atoms with Crippen molar-refractivity contribution in [2.45, 2.75) is 56.7 Å². The largest absolute Gasteiger partial charge is 0.493 e. The summed E-state index contributed by atoms with van der Waals surface area (Å²) in [6, 6.07) is 8.74. The molecule has 186 valence electrons. The lowest BCUT2D eigenvalue weighted by atomic mass is 9.85. The number of carbonyl (C=O) groups is 1. The SMILES string of the molecule is COc1ccc(C2=NOC3(CCN(C(=O)Nc4c(F)cccc4F)CC3)C2)cc1OC1CCCC1. The second-order valence-corrected chi connectivity index (χ2v) is 9.39. The van der Waals surface area contributed by atoms with Crippen LogP contribution in [-0.4, -0.2) is 48.5 Å². The first kappa shape index (κ1) is 23.4. The summed E-state index contributed by atoms with van der Waals surface area (Å²) in [6.45, 7) is 0.784. The minimum atomic E-state index is -0.806. The van der Waals surface area contributed by atoms with Gasteiger partial charge in [0.05, 0.1) is 18.9 Å². The molecule has 35 heavy (non-hydrogen) atoms. The molecule has 2 heterocycles. The van der Waals surface area contributed by atoms with E-state index in [0.717, 1.165) is 36.2 Å². The molecule has 7 nitrogen and oxygen atoms in total. The van der Waals surface area contributed by atoms with Crippen LogP contribution in [0.1, 0.15) is 50.5 Å². The van der Waals surface area contributed by atoms with Gasteiger partial charge in [0, 0.05) is 37.9 Å². The number of methoxy groups -OCH3 is 1. The topological polar surface area (TPSA) is 72.4 Å². The highest BCUT2D eigenvalue weighted by atomic mass is 19.1. The standard InChI is InChI=1S/C26H29F2N3O4/c1-33-22-10-9-17(15-23(22)34-18-5-2-3-6-18)21-16-26(35-30-21)11-13-31(14-12-26)25(32)29-24-19(27)7-4-8-20(24)28/h4,7-10,15,18H,2-3,5-6,11-14,16H2,1H3,(H,29,32). The Morgan fingerprint density at radius 3 is 2.51 bits per heavy atom. The van der Waals surface area contributed by atoms with E-state index in [0.29, 0.717) is 43.9 Å². The van der Waals surface area contributed by atoms with Crippen molar-refractivity contribution in [2.75, 3.05) is 25.5 Å². The van der Waals surface area contributed by atoms with Crippen LogP contribution in [0.5, 0.6) is 11.5 Å². The van der Waals surface area contributed by atoms with Gasteiger partial charge in [0.25, 0.3) is 0 Å². The number of carbonyl (C=O) groups excluding carboxylic acids is 1. The first-order valence-electron chi connectivity index (χ1n) is 12.1. The van der Waals surface area contributed by atoms with E-state index in [1.165, 1.54) is 18.9 Å². The molecule has 9 heteroatoms. The first-order chi connectivity index (χ1) is 17.0. The predicted octanol–water partition coefficient (Wildman–Crippen LogP) is 5.49. The molecule has 1 saturated carbocycles. The van der Waals surface area contributed by atoms with Crippen LogP contribution in [0.4, 0.5) is 19.3 Å². The number of amides is 2. The van der Waals surface area contributed by atoms with Gasteiger partial charge in [-0.3, -0.25) is 0 Å². The third-order valence-corrected chi connectivity index (χ3v) is 7.09. The number of rotatable bonds is 5. The van der Waals surface area contributed by atoms with Gasteiger partial charge in [-0.2, -0.15) is 0 Å². The quantitative estimate of drug-likeness (QED) is 0.608. The molecule has 0 aromatic heterocycles. The molecular formula is C26H29F2N3O4. The fraction of sp³-hybridized carbons (Fsp3) is 0.462. The maximum Gasteiger partial charge on any atom is 0.322 e. The Hall–Kier alpha value is -3.36. The van der Waals surface area contributed by atoms with Gasteiger partial charge in [-0.25, -0.2) is 13.6 Å². The molecule has 0 atom stereocenters. The lowest BCUT2D eigenvalue weighted by Crippen LogP contribution is -2.48. The Bertz CT molecular complexity index is 1110. The number of anilines is 1. The van der Waals surface area contributed by atoms with E-state index in [9.17, 15) is 13.6 Å². The zero-order valence-corrected chi connectivity index (χ0v) is 19.7. The smallest absolute Gasteiger partial charge is 0.322 e. The highest BCUT2D eigenvalue weighted by Gasteiger charge is 2.43. The molecule has 2 fully saturated rings. The van der Waals surface area contributed by atoms with Gasteiger partial charge in [0.15, 0.2) is 11.5 Å². The zero-order valence-electron chi connectivity index (χ0n) is 19.7.